The molecule has 0 radical (unpaired) electrons. The van der Waals surface area contributed by atoms with E-state index in [-0.39, 0.29) is 0 Å². The molecule has 1 aromatic rings. The molecular weight excluding hydrogens is 218 g/mol. The molecule has 4 nitrogen and oxygen atoms in total. The van der Waals surface area contributed by atoms with Crippen LogP contribution in [0.3, 0.4) is 0 Å². The summed E-state index contributed by atoms with van der Waals surface area (Å²) in [4.78, 5) is 0. The lowest BCUT2D eigenvalue weighted by atomic mass is 9.99. The summed E-state index contributed by atoms with van der Waals surface area (Å²) >= 11 is 0. The van der Waals surface area contributed by atoms with E-state index in [0.717, 1.165) is 17.0 Å². The largest absolute Gasteiger partial charge is 0.478 e. The first kappa shape index (κ1) is 12.0. The second kappa shape index (κ2) is 4.39. The van der Waals surface area contributed by atoms with Crippen LogP contribution in [0.15, 0.2) is 24.3 Å². The number of benzene rings is 1. The number of methoxy groups -OCH3 is 2. The molecule has 1 aliphatic rings. The first-order valence-electron chi connectivity index (χ1n) is 5.42. The van der Waals surface area contributed by atoms with Gasteiger partial charge in [-0.05, 0) is 31.2 Å². The van der Waals surface area contributed by atoms with Gasteiger partial charge in [-0.25, -0.2) is 0 Å². The van der Waals surface area contributed by atoms with Gasteiger partial charge < -0.3 is 19.9 Å². The quantitative estimate of drug-likeness (QED) is 0.643. The van der Waals surface area contributed by atoms with Gasteiger partial charge in [0.2, 0.25) is 6.29 Å². The third kappa shape index (κ3) is 2.14. The Kier molecular flexibility index (Phi) is 3.09. The molecule has 0 fully saturated rings. The van der Waals surface area contributed by atoms with Gasteiger partial charge >= 0.3 is 0 Å². The zero-order valence-electron chi connectivity index (χ0n) is 10.3. The molecule has 0 unspecified atom stereocenters. The first-order valence-corrected chi connectivity index (χ1v) is 5.42. The van der Waals surface area contributed by atoms with Crippen LogP contribution in [0.25, 0.3) is 6.08 Å². The minimum absolute atomic E-state index is 0.454. The Morgan fingerprint density at radius 1 is 1.29 bits per heavy atom. The normalized spacial score (nSPS) is 22.4. The van der Waals surface area contributed by atoms with E-state index in [1.807, 2.05) is 37.3 Å². The van der Waals surface area contributed by atoms with E-state index >= 15 is 0 Å². The topological polar surface area (TPSA) is 53.7 Å². The number of ether oxygens (including phenoxy) is 3. The standard InChI is InChI=1S/C13H17NO3/c1-13(12(15-2)16-3)7-6-9-8-10(14)4-5-11(9)17-13/h4-8,12H,14H2,1-3H3/t13-/m1/s1. The molecule has 92 valence electrons. The average Bonchev–Trinajstić information content (AvgIpc) is 2.31. The van der Waals surface area contributed by atoms with E-state index in [1.54, 1.807) is 14.2 Å². The maximum Gasteiger partial charge on any atom is 0.200 e. The predicted molar refractivity (Wildman–Crippen MR) is 66.7 cm³/mol. The molecule has 0 bridgehead atoms. The highest BCUT2D eigenvalue weighted by Gasteiger charge is 2.37. The van der Waals surface area contributed by atoms with E-state index in [0.29, 0.717) is 0 Å². The molecule has 1 atom stereocenters. The summed E-state index contributed by atoms with van der Waals surface area (Å²) in [7, 11) is 3.18. The van der Waals surface area contributed by atoms with Crippen LogP contribution in [-0.4, -0.2) is 26.1 Å². The molecule has 0 aromatic heterocycles. The zero-order valence-corrected chi connectivity index (χ0v) is 10.3. The highest BCUT2D eigenvalue weighted by atomic mass is 16.7. The van der Waals surface area contributed by atoms with Crippen LogP contribution in [0.2, 0.25) is 0 Å². The summed E-state index contributed by atoms with van der Waals surface area (Å²) in [5, 5.41) is 0. The second-order valence-electron chi connectivity index (χ2n) is 4.22. The van der Waals surface area contributed by atoms with Crippen molar-refractivity contribution in [3.63, 3.8) is 0 Å². The van der Waals surface area contributed by atoms with Gasteiger partial charge in [-0.1, -0.05) is 6.08 Å². The Labute approximate surface area is 101 Å². The molecule has 2 rings (SSSR count). The van der Waals surface area contributed by atoms with Gasteiger partial charge in [0.15, 0.2) is 5.60 Å². The lowest BCUT2D eigenvalue weighted by Crippen LogP contribution is -2.46. The third-order valence-electron chi connectivity index (χ3n) is 2.85. The Morgan fingerprint density at radius 3 is 2.65 bits per heavy atom. The van der Waals surface area contributed by atoms with Crippen molar-refractivity contribution in [2.24, 2.45) is 0 Å². The van der Waals surface area contributed by atoms with Crippen molar-refractivity contribution >= 4 is 11.8 Å². The summed E-state index contributed by atoms with van der Waals surface area (Å²) in [5.74, 6) is 0.781. The fourth-order valence-corrected chi connectivity index (χ4v) is 2.01. The van der Waals surface area contributed by atoms with Crippen LogP contribution in [0, 0.1) is 0 Å². The second-order valence-corrected chi connectivity index (χ2v) is 4.22. The average molecular weight is 235 g/mol. The number of anilines is 1. The van der Waals surface area contributed by atoms with Crippen molar-refractivity contribution in [3.8, 4) is 5.75 Å². The molecule has 17 heavy (non-hydrogen) atoms. The van der Waals surface area contributed by atoms with Gasteiger partial charge in [0, 0.05) is 25.5 Å². The van der Waals surface area contributed by atoms with Crippen LogP contribution in [-0.2, 0) is 9.47 Å². The lowest BCUT2D eigenvalue weighted by Gasteiger charge is -2.36. The highest BCUT2D eigenvalue weighted by Crippen LogP contribution is 2.34. The van der Waals surface area contributed by atoms with Crippen molar-refractivity contribution in [2.75, 3.05) is 20.0 Å². The SMILES string of the molecule is COC(OC)[C@@]1(C)C=Cc2cc(N)ccc2O1. The minimum Gasteiger partial charge on any atom is -0.478 e. The maximum absolute atomic E-state index is 5.93. The molecule has 0 saturated carbocycles. The van der Waals surface area contributed by atoms with E-state index in [1.165, 1.54) is 0 Å². The Bertz CT molecular complexity index is 440. The third-order valence-corrected chi connectivity index (χ3v) is 2.85. The molecule has 1 aliphatic heterocycles. The smallest absolute Gasteiger partial charge is 0.200 e. The highest BCUT2D eigenvalue weighted by molar-refractivity contribution is 5.65. The van der Waals surface area contributed by atoms with Crippen LogP contribution in [0.4, 0.5) is 5.69 Å². The number of hydrogen-bond acceptors (Lipinski definition) is 4. The lowest BCUT2D eigenvalue weighted by molar-refractivity contribution is -0.180. The Morgan fingerprint density at radius 2 is 2.00 bits per heavy atom. The molecule has 2 N–H and O–H groups in total. The molecule has 4 heteroatoms. The molecule has 0 saturated heterocycles. The fourth-order valence-electron chi connectivity index (χ4n) is 2.01. The predicted octanol–water partition coefficient (Wildman–Crippen LogP) is 2.05. The van der Waals surface area contributed by atoms with Gasteiger partial charge in [0.05, 0.1) is 0 Å². The number of nitrogens with two attached hydrogens (primary N) is 1. The van der Waals surface area contributed by atoms with Crippen molar-refractivity contribution < 1.29 is 14.2 Å². The zero-order chi connectivity index (χ0) is 12.5. The van der Waals surface area contributed by atoms with Gasteiger partial charge in [-0.15, -0.1) is 0 Å². The van der Waals surface area contributed by atoms with E-state index < -0.39 is 11.9 Å². The summed E-state index contributed by atoms with van der Waals surface area (Å²) < 4.78 is 16.4. The molecule has 1 aromatic carbocycles. The van der Waals surface area contributed by atoms with Crippen LogP contribution < -0.4 is 10.5 Å². The molecule has 0 spiro atoms. The van der Waals surface area contributed by atoms with Crippen molar-refractivity contribution in [3.05, 3.63) is 29.8 Å². The minimum atomic E-state index is -0.632. The number of rotatable bonds is 3. The molecular formula is C13H17NO3. The van der Waals surface area contributed by atoms with Gasteiger partial charge in [-0.3, -0.25) is 0 Å². The van der Waals surface area contributed by atoms with Crippen molar-refractivity contribution in [1.29, 1.82) is 0 Å². The van der Waals surface area contributed by atoms with Gasteiger partial charge in [0.1, 0.15) is 5.75 Å². The molecule has 1 heterocycles. The van der Waals surface area contributed by atoms with Crippen LogP contribution in [0.1, 0.15) is 12.5 Å². The number of nitrogen functional groups attached to an aromatic ring is 1. The fraction of sp³-hybridized carbons (Fsp3) is 0.385. The Balaban J connectivity index is 2.33. The number of hydrogen-bond donors (Lipinski definition) is 1. The van der Waals surface area contributed by atoms with Crippen LogP contribution >= 0.6 is 0 Å². The first-order chi connectivity index (χ1) is 8.09. The van der Waals surface area contributed by atoms with Crippen molar-refractivity contribution in [1.82, 2.24) is 0 Å². The summed E-state index contributed by atoms with van der Waals surface area (Å²) in [6.07, 6.45) is 3.44. The van der Waals surface area contributed by atoms with E-state index in [9.17, 15) is 0 Å². The summed E-state index contributed by atoms with van der Waals surface area (Å²) in [6, 6.07) is 5.54. The monoisotopic (exact) mass is 235 g/mol. The van der Waals surface area contributed by atoms with Gasteiger partial charge in [0.25, 0.3) is 0 Å². The van der Waals surface area contributed by atoms with Crippen LogP contribution in [0.5, 0.6) is 5.75 Å². The summed E-state index contributed by atoms with van der Waals surface area (Å²) in [5.41, 5.74) is 6.77. The Hall–Kier alpha value is -1.52. The van der Waals surface area contributed by atoms with Crippen molar-refractivity contribution in [2.45, 2.75) is 18.8 Å². The molecule has 0 amide bonds. The van der Waals surface area contributed by atoms with E-state index in [2.05, 4.69) is 0 Å². The van der Waals surface area contributed by atoms with E-state index in [4.69, 9.17) is 19.9 Å². The maximum atomic E-state index is 5.93. The number of fused-ring (bicyclic) bond motifs is 1. The van der Waals surface area contributed by atoms with Gasteiger partial charge in [-0.2, -0.15) is 0 Å². The summed E-state index contributed by atoms with van der Waals surface area (Å²) in [6.45, 7) is 1.92. The molecule has 0 aliphatic carbocycles.